The summed E-state index contributed by atoms with van der Waals surface area (Å²) >= 11 is 0. The Bertz CT molecular complexity index is 2270. The Balaban J connectivity index is 0.848. The van der Waals surface area contributed by atoms with E-state index >= 15 is 0 Å². The first kappa shape index (κ1) is 55.5. The molecule has 4 aliphatic carbocycles. The zero-order valence-corrected chi connectivity index (χ0v) is 43.1. The summed E-state index contributed by atoms with van der Waals surface area (Å²) in [5.74, 6) is 1.74. The van der Waals surface area contributed by atoms with Crippen LogP contribution in [0.15, 0.2) is 60.2 Å². The number of nitrogens with zero attached hydrogens (tertiary/aromatic N) is 1. The van der Waals surface area contributed by atoms with Crippen molar-refractivity contribution in [3.63, 3.8) is 0 Å². The molecule has 6 rings (SSSR count). The first-order valence-corrected chi connectivity index (χ1v) is 26.2. The molecule has 17 heteroatoms. The molecule has 0 saturated heterocycles. The van der Waals surface area contributed by atoms with Crippen molar-refractivity contribution in [3.05, 3.63) is 75.9 Å². The lowest BCUT2D eigenvalue weighted by molar-refractivity contribution is -0.384. The topological polar surface area (TPSA) is 247 Å². The zero-order valence-electron chi connectivity index (χ0n) is 43.1. The second-order valence-electron chi connectivity index (χ2n) is 21.8. The summed E-state index contributed by atoms with van der Waals surface area (Å²) in [6.45, 7) is 14.6. The van der Waals surface area contributed by atoms with Crippen LogP contribution in [0.25, 0.3) is 0 Å². The van der Waals surface area contributed by atoms with Crippen molar-refractivity contribution in [3.8, 4) is 5.75 Å². The van der Waals surface area contributed by atoms with Gasteiger partial charge in [0.15, 0.2) is 0 Å². The van der Waals surface area contributed by atoms with Crippen molar-refractivity contribution in [2.24, 2.45) is 52.1 Å². The minimum absolute atomic E-state index is 0.0567. The standard InChI is InChI=1S/C55H78N6O11/c1-34(2)9-7-10-35(3)44-21-22-45-43-20-13-38-31-42(25-27-54(38,5)46(43)26-28-55(44,45)6)70-30-8-29-57-49(63)23-24-50(64)58-36(4)51(65)60-47(32-48(56)62)52(66)59-39-14-11-37(12-15-39)33-71-53(67)72-41-18-16-40(17-19-41)61(68)69/h11-19,34-36,42-47H,7-10,20-33H2,1-6H3,(H2,56,62)(H,57,63)(H,58,64)(H,59,66)(H,60,65)/t35-,36+,42+,43+,44-,45?,46?,47+,54+,55-/m1/s1. The number of hydrogen-bond acceptors (Lipinski definition) is 11. The largest absolute Gasteiger partial charge is 0.514 e. The number of allylic oxidation sites excluding steroid dienone is 1. The van der Waals surface area contributed by atoms with Crippen LogP contribution in [0.2, 0.25) is 0 Å². The normalized spacial score (nSPS) is 25.5. The molecule has 2 unspecified atom stereocenters. The molecule has 17 nitrogen and oxygen atoms in total. The number of nitrogens with one attached hydrogen (secondary N) is 4. The lowest BCUT2D eigenvalue weighted by Gasteiger charge is -2.58. The number of carbonyl (C=O) groups excluding carboxylic acids is 6. The number of ether oxygens (including phenoxy) is 3. The summed E-state index contributed by atoms with van der Waals surface area (Å²) in [5, 5.41) is 21.3. The highest BCUT2D eigenvalue weighted by Crippen LogP contribution is 2.67. The maximum absolute atomic E-state index is 13.1. The minimum Gasteiger partial charge on any atom is -0.429 e. The SMILES string of the molecule is CC(C)CCC[C@@H](C)[C@H]1CCC2[C@@H]3CC=C4C[C@@H](OCCCNC(=O)CCC(=O)N[C@@H](C)C(=O)N[C@@H](CC(N)=O)C(=O)Nc5ccc(COC(=O)Oc6ccc([N+](=O)[O-])cc6)cc5)CC[C@]4(C)C3CC[C@@]21C. The summed E-state index contributed by atoms with van der Waals surface area (Å²) in [7, 11) is 0. The molecular formula is C55H78N6O11. The van der Waals surface area contributed by atoms with E-state index in [-0.39, 0.29) is 48.3 Å². The van der Waals surface area contributed by atoms with Crippen molar-refractivity contribution in [2.75, 3.05) is 18.5 Å². The van der Waals surface area contributed by atoms with E-state index in [1.807, 2.05) is 0 Å². The third-order valence-electron chi connectivity index (χ3n) is 16.5. The number of hydrogen-bond donors (Lipinski definition) is 5. The van der Waals surface area contributed by atoms with E-state index in [0.29, 0.717) is 36.2 Å². The van der Waals surface area contributed by atoms with Crippen molar-refractivity contribution in [1.82, 2.24) is 16.0 Å². The van der Waals surface area contributed by atoms with Crippen LogP contribution in [0.1, 0.15) is 143 Å². The number of nitrogens with two attached hydrogens (primary N) is 1. The van der Waals surface area contributed by atoms with E-state index in [0.717, 1.165) is 48.3 Å². The number of carbonyl (C=O) groups is 6. The van der Waals surface area contributed by atoms with E-state index in [4.69, 9.17) is 19.9 Å². The molecule has 2 aromatic carbocycles. The van der Waals surface area contributed by atoms with E-state index in [1.54, 1.807) is 17.7 Å². The molecule has 0 spiro atoms. The molecule has 3 fully saturated rings. The summed E-state index contributed by atoms with van der Waals surface area (Å²) < 4.78 is 16.5. The minimum atomic E-state index is -1.37. The van der Waals surface area contributed by atoms with E-state index in [2.05, 4.69) is 62.0 Å². The first-order chi connectivity index (χ1) is 34.2. The lowest BCUT2D eigenvalue weighted by Crippen LogP contribution is -2.52. The molecule has 5 amide bonds. The number of benzene rings is 2. The van der Waals surface area contributed by atoms with Gasteiger partial charge in [-0.1, -0.05) is 77.7 Å². The van der Waals surface area contributed by atoms with Gasteiger partial charge in [-0.2, -0.15) is 0 Å². The van der Waals surface area contributed by atoms with Gasteiger partial charge in [0.25, 0.3) is 5.69 Å². The lowest BCUT2D eigenvalue weighted by atomic mass is 9.47. The molecule has 4 aliphatic rings. The van der Waals surface area contributed by atoms with Crippen LogP contribution in [0.5, 0.6) is 5.75 Å². The maximum Gasteiger partial charge on any atom is 0.514 e. The van der Waals surface area contributed by atoms with Crippen molar-refractivity contribution in [1.29, 1.82) is 0 Å². The Hall–Kier alpha value is -5.84. The highest BCUT2D eigenvalue weighted by Gasteiger charge is 2.59. The molecule has 0 radical (unpaired) electrons. The average Bonchev–Trinajstić information content (AvgIpc) is 3.70. The average molecular weight is 999 g/mol. The molecule has 2 aromatic rings. The van der Waals surface area contributed by atoms with Crippen LogP contribution >= 0.6 is 0 Å². The zero-order chi connectivity index (χ0) is 52.2. The van der Waals surface area contributed by atoms with Gasteiger partial charge < -0.3 is 41.2 Å². The number of nitro groups is 1. The fraction of sp³-hybridized carbons (Fsp3) is 0.636. The van der Waals surface area contributed by atoms with Gasteiger partial charge in [-0.05, 0) is 141 Å². The van der Waals surface area contributed by atoms with Gasteiger partial charge >= 0.3 is 6.16 Å². The third-order valence-corrected chi connectivity index (χ3v) is 16.5. The second kappa shape index (κ2) is 25.2. The highest BCUT2D eigenvalue weighted by atomic mass is 16.7. The number of anilines is 1. The molecule has 394 valence electrons. The monoisotopic (exact) mass is 999 g/mol. The molecule has 10 atom stereocenters. The number of nitro benzene ring substituents is 1. The second-order valence-corrected chi connectivity index (χ2v) is 21.8. The van der Waals surface area contributed by atoms with Crippen molar-refractivity contribution >= 4 is 47.1 Å². The number of rotatable bonds is 24. The van der Waals surface area contributed by atoms with E-state index in [1.165, 1.54) is 101 Å². The Morgan fingerprint density at radius 1 is 0.833 bits per heavy atom. The summed E-state index contributed by atoms with van der Waals surface area (Å²) in [4.78, 5) is 85.7. The van der Waals surface area contributed by atoms with Crippen LogP contribution in [-0.2, 0) is 40.1 Å². The number of non-ortho nitro benzene ring substituents is 1. The number of fused-ring (bicyclic) bond motifs is 5. The van der Waals surface area contributed by atoms with Crippen molar-refractivity contribution in [2.45, 2.75) is 163 Å². The fourth-order valence-corrected chi connectivity index (χ4v) is 12.6. The molecule has 0 aromatic heterocycles. The van der Waals surface area contributed by atoms with Crippen LogP contribution < -0.4 is 31.7 Å². The van der Waals surface area contributed by atoms with Gasteiger partial charge in [0.2, 0.25) is 29.5 Å². The molecular weight excluding hydrogens is 921 g/mol. The summed E-state index contributed by atoms with van der Waals surface area (Å²) in [6, 6.07) is 8.53. The number of amides is 5. The van der Waals surface area contributed by atoms with Crippen molar-refractivity contribution < 1.29 is 47.9 Å². The predicted molar refractivity (Wildman–Crippen MR) is 272 cm³/mol. The van der Waals surface area contributed by atoms with E-state index < -0.39 is 53.2 Å². The van der Waals surface area contributed by atoms with Gasteiger partial charge in [0, 0.05) is 43.8 Å². The molecule has 0 bridgehead atoms. The van der Waals surface area contributed by atoms with Gasteiger partial charge in [-0.15, -0.1) is 0 Å². The Morgan fingerprint density at radius 2 is 1.56 bits per heavy atom. The quantitative estimate of drug-likeness (QED) is 0.0166. The molecule has 3 saturated carbocycles. The molecule has 6 N–H and O–H groups in total. The van der Waals surface area contributed by atoms with Crippen LogP contribution in [0, 0.1) is 56.5 Å². The van der Waals surface area contributed by atoms with Gasteiger partial charge in [-0.25, -0.2) is 4.79 Å². The van der Waals surface area contributed by atoms with Crippen LogP contribution in [0.3, 0.4) is 0 Å². The predicted octanol–water partition coefficient (Wildman–Crippen LogP) is 8.83. The molecule has 0 heterocycles. The Morgan fingerprint density at radius 3 is 2.25 bits per heavy atom. The fourth-order valence-electron chi connectivity index (χ4n) is 12.6. The molecule has 72 heavy (non-hydrogen) atoms. The number of primary amides is 1. The van der Waals surface area contributed by atoms with Crippen LogP contribution in [-0.4, -0.2) is 72.0 Å². The van der Waals surface area contributed by atoms with Gasteiger partial charge in [-0.3, -0.25) is 34.1 Å². The first-order valence-electron chi connectivity index (χ1n) is 26.2. The maximum atomic E-state index is 13.1. The summed E-state index contributed by atoms with van der Waals surface area (Å²) in [5.41, 5.74) is 8.37. The highest BCUT2D eigenvalue weighted by molar-refractivity contribution is 6.00. The third kappa shape index (κ3) is 14.7. The summed E-state index contributed by atoms with van der Waals surface area (Å²) in [6.07, 6.45) is 15.7. The van der Waals surface area contributed by atoms with Gasteiger partial charge in [0.05, 0.1) is 17.4 Å². The smallest absolute Gasteiger partial charge is 0.429 e. The Labute approximate surface area is 424 Å². The van der Waals surface area contributed by atoms with Crippen LogP contribution in [0.4, 0.5) is 16.2 Å². The van der Waals surface area contributed by atoms with E-state index in [9.17, 15) is 38.9 Å². The van der Waals surface area contributed by atoms with Gasteiger partial charge in [0.1, 0.15) is 24.4 Å². The Kier molecular flexibility index (Phi) is 19.4. The molecule has 0 aliphatic heterocycles.